The van der Waals surface area contributed by atoms with Crippen LogP contribution in [0.1, 0.15) is 34.6 Å². The molecule has 0 aliphatic rings. The molecule has 0 saturated carbocycles. The van der Waals surface area contributed by atoms with E-state index in [1.54, 1.807) is 18.3 Å². The highest BCUT2D eigenvalue weighted by molar-refractivity contribution is 7.20. The van der Waals surface area contributed by atoms with E-state index in [-0.39, 0.29) is 5.91 Å². The molecule has 1 amide bonds. The molecule has 0 radical (unpaired) electrons. The van der Waals surface area contributed by atoms with Gasteiger partial charge in [-0.25, -0.2) is 9.97 Å². The molecular formula is C22H28N4O2S. The Labute approximate surface area is 175 Å². The van der Waals surface area contributed by atoms with Crippen LogP contribution in [0.15, 0.2) is 30.6 Å². The molecule has 6 nitrogen and oxygen atoms in total. The van der Waals surface area contributed by atoms with Gasteiger partial charge in [0, 0.05) is 20.1 Å². The van der Waals surface area contributed by atoms with Crippen molar-refractivity contribution < 1.29 is 9.53 Å². The number of amides is 1. The molecule has 0 saturated heterocycles. The molecule has 2 aromatic heterocycles. The van der Waals surface area contributed by atoms with Crippen molar-refractivity contribution in [3.63, 3.8) is 0 Å². The highest BCUT2D eigenvalue weighted by Gasteiger charge is 2.22. The lowest BCUT2D eigenvalue weighted by atomic mass is 10.1. The Balaban J connectivity index is 1.76. The zero-order chi connectivity index (χ0) is 21.0. The highest BCUT2D eigenvalue weighted by atomic mass is 32.1. The molecule has 3 aromatic rings. The predicted octanol–water partition coefficient (Wildman–Crippen LogP) is 4.39. The van der Waals surface area contributed by atoms with Crippen LogP contribution in [0.5, 0.6) is 5.75 Å². The Morgan fingerprint density at radius 3 is 2.62 bits per heavy atom. The van der Waals surface area contributed by atoms with E-state index < -0.39 is 0 Å². The summed E-state index contributed by atoms with van der Waals surface area (Å²) in [5.41, 5.74) is 2.16. The Hall–Kier alpha value is -2.67. The van der Waals surface area contributed by atoms with Crippen LogP contribution in [0.3, 0.4) is 0 Å². The number of hydrogen-bond acceptors (Lipinski definition) is 6. The fraction of sp³-hybridized carbons (Fsp3) is 0.409. The maximum absolute atomic E-state index is 12.9. The molecule has 0 atom stereocenters. The van der Waals surface area contributed by atoms with Gasteiger partial charge in [0.15, 0.2) is 0 Å². The van der Waals surface area contributed by atoms with Crippen LogP contribution in [0.25, 0.3) is 10.2 Å². The number of nitrogens with zero attached hydrogens (tertiary/aromatic N) is 3. The Kier molecular flexibility index (Phi) is 6.69. The van der Waals surface area contributed by atoms with Gasteiger partial charge in [0.1, 0.15) is 22.7 Å². The van der Waals surface area contributed by atoms with E-state index in [9.17, 15) is 4.79 Å². The van der Waals surface area contributed by atoms with E-state index in [1.165, 1.54) is 16.9 Å². The lowest BCUT2D eigenvalue weighted by molar-refractivity contribution is 0.0783. The number of aryl methyl sites for hydroxylation is 1. The van der Waals surface area contributed by atoms with Gasteiger partial charge in [-0.2, -0.15) is 0 Å². The third-order valence-electron chi connectivity index (χ3n) is 4.77. The predicted molar refractivity (Wildman–Crippen MR) is 119 cm³/mol. The molecule has 2 heterocycles. The van der Waals surface area contributed by atoms with Crippen LogP contribution < -0.4 is 10.1 Å². The molecule has 0 aliphatic heterocycles. The summed E-state index contributed by atoms with van der Waals surface area (Å²) in [6.07, 6.45) is 2.42. The molecule has 1 aromatic carbocycles. The lowest BCUT2D eigenvalue weighted by Gasteiger charge is -2.18. The van der Waals surface area contributed by atoms with Crippen molar-refractivity contribution in [3.05, 3.63) is 46.6 Å². The van der Waals surface area contributed by atoms with Crippen LogP contribution in [0.4, 0.5) is 5.82 Å². The molecule has 1 N–H and O–H groups in total. The average Bonchev–Trinajstić information content (AvgIpc) is 3.05. The average molecular weight is 413 g/mol. The van der Waals surface area contributed by atoms with Gasteiger partial charge in [-0.15, -0.1) is 11.3 Å². The Morgan fingerprint density at radius 1 is 1.24 bits per heavy atom. The number of benzene rings is 1. The number of anilines is 1. The van der Waals surface area contributed by atoms with Gasteiger partial charge in [0.2, 0.25) is 0 Å². The van der Waals surface area contributed by atoms with E-state index in [0.29, 0.717) is 5.92 Å². The quantitative estimate of drug-likeness (QED) is 0.594. The van der Waals surface area contributed by atoms with Gasteiger partial charge in [0.05, 0.1) is 17.4 Å². The van der Waals surface area contributed by atoms with Crippen molar-refractivity contribution in [2.75, 3.05) is 32.6 Å². The monoisotopic (exact) mass is 412 g/mol. The number of hydrogen-bond donors (Lipinski definition) is 1. The zero-order valence-corrected chi connectivity index (χ0v) is 18.5. The molecule has 0 spiro atoms. The van der Waals surface area contributed by atoms with Gasteiger partial charge in [-0.1, -0.05) is 26.0 Å². The summed E-state index contributed by atoms with van der Waals surface area (Å²) in [7, 11) is 3.52. The lowest BCUT2D eigenvalue weighted by Crippen LogP contribution is -2.30. The number of carbonyl (C=O) groups excluding carboxylic acids is 1. The van der Waals surface area contributed by atoms with E-state index in [2.05, 4.69) is 41.3 Å². The number of ether oxygens (including phenoxy) is 1. The summed E-state index contributed by atoms with van der Waals surface area (Å²) >= 11 is 1.44. The first-order valence-corrected chi connectivity index (χ1v) is 10.6. The van der Waals surface area contributed by atoms with Crippen LogP contribution >= 0.6 is 11.3 Å². The summed E-state index contributed by atoms with van der Waals surface area (Å²) in [4.78, 5) is 25.1. The van der Waals surface area contributed by atoms with Crippen LogP contribution in [0.2, 0.25) is 0 Å². The Morgan fingerprint density at radius 2 is 1.97 bits per heavy atom. The summed E-state index contributed by atoms with van der Waals surface area (Å²) in [5, 5.41) is 4.36. The van der Waals surface area contributed by atoms with E-state index >= 15 is 0 Å². The van der Waals surface area contributed by atoms with Gasteiger partial charge < -0.3 is 15.0 Å². The second kappa shape index (κ2) is 9.22. The fourth-order valence-corrected chi connectivity index (χ4v) is 4.47. The van der Waals surface area contributed by atoms with Crippen LogP contribution in [-0.4, -0.2) is 48.0 Å². The van der Waals surface area contributed by atoms with Crippen molar-refractivity contribution in [3.8, 4) is 5.75 Å². The minimum atomic E-state index is 0.0448. The van der Waals surface area contributed by atoms with Crippen molar-refractivity contribution in [1.29, 1.82) is 0 Å². The third kappa shape index (κ3) is 4.85. The van der Waals surface area contributed by atoms with E-state index in [4.69, 9.17) is 4.74 Å². The van der Waals surface area contributed by atoms with Gasteiger partial charge in [0.25, 0.3) is 5.91 Å². The largest absolute Gasteiger partial charge is 0.497 e. The topological polar surface area (TPSA) is 67.3 Å². The number of thiophene rings is 1. The first-order chi connectivity index (χ1) is 13.9. The van der Waals surface area contributed by atoms with E-state index in [1.807, 2.05) is 26.1 Å². The van der Waals surface area contributed by atoms with Crippen LogP contribution in [0, 0.1) is 12.8 Å². The fourth-order valence-electron chi connectivity index (χ4n) is 3.33. The molecule has 0 bridgehead atoms. The summed E-state index contributed by atoms with van der Waals surface area (Å²) in [5.74, 6) is 2.10. The van der Waals surface area contributed by atoms with Crippen molar-refractivity contribution in [1.82, 2.24) is 14.9 Å². The summed E-state index contributed by atoms with van der Waals surface area (Å²) < 4.78 is 5.20. The molecule has 154 valence electrons. The molecule has 0 unspecified atom stereocenters. The number of nitrogens with one attached hydrogen (secondary N) is 1. The van der Waals surface area contributed by atoms with Crippen molar-refractivity contribution in [2.24, 2.45) is 5.92 Å². The number of rotatable bonds is 8. The SMILES string of the molecule is COc1ccc(CCNc2ncnc3sc(C(=O)N(C)CC(C)C)c(C)c23)cc1. The summed E-state index contributed by atoms with van der Waals surface area (Å²) in [6, 6.07) is 8.06. The maximum Gasteiger partial charge on any atom is 0.264 e. The van der Waals surface area contributed by atoms with Gasteiger partial charge in [-0.3, -0.25) is 4.79 Å². The zero-order valence-electron chi connectivity index (χ0n) is 17.7. The van der Waals surface area contributed by atoms with Gasteiger partial charge in [-0.05, 0) is 42.5 Å². The summed E-state index contributed by atoms with van der Waals surface area (Å²) in [6.45, 7) is 7.67. The van der Waals surface area contributed by atoms with E-state index in [0.717, 1.165) is 51.7 Å². The molecular weight excluding hydrogens is 384 g/mol. The third-order valence-corrected chi connectivity index (χ3v) is 5.96. The Bertz CT molecular complexity index is 982. The molecule has 29 heavy (non-hydrogen) atoms. The van der Waals surface area contributed by atoms with Crippen molar-refractivity contribution >= 4 is 33.3 Å². The number of methoxy groups -OCH3 is 1. The van der Waals surface area contributed by atoms with Gasteiger partial charge >= 0.3 is 0 Å². The molecule has 3 rings (SSSR count). The first-order valence-electron chi connectivity index (χ1n) is 9.77. The first kappa shape index (κ1) is 21.0. The van der Waals surface area contributed by atoms with Crippen molar-refractivity contribution in [2.45, 2.75) is 27.2 Å². The highest BCUT2D eigenvalue weighted by Crippen LogP contribution is 2.34. The smallest absolute Gasteiger partial charge is 0.264 e. The second-order valence-corrected chi connectivity index (χ2v) is 8.56. The molecule has 0 fully saturated rings. The molecule has 7 heteroatoms. The standard InChI is InChI=1S/C22H28N4O2S/c1-14(2)12-26(4)22(27)19-15(3)18-20(24-13-25-21(18)29-19)23-11-10-16-6-8-17(28-5)9-7-16/h6-9,13-14H,10-12H2,1-5H3,(H,23,24,25). The number of fused-ring (bicyclic) bond motifs is 1. The number of aromatic nitrogens is 2. The molecule has 0 aliphatic carbocycles. The minimum Gasteiger partial charge on any atom is -0.497 e. The normalized spacial score (nSPS) is 11.1. The second-order valence-electron chi connectivity index (χ2n) is 7.56. The number of carbonyl (C=O) groups is 1. The maximum atomic E-state index is 12.9. The minimum absolute atomic E-state index is 0.0448. The van der Waals surface area contributed by atoms with Crippen LogP contribution in [-0.2, 0) is 6.42 Å².